The molecule has 0 aromatic heterocycles. The van der Waals surface area contributed by atoms with Crippen molar-refractivity contribution in [2.45, 2.75) is 51.9 Å². The topological polar surface area (TPSA) is 59.1 Å². The first-order chi connectivity index (χ1) is 11.7. The summed E-state index contributed by atoms with van der Waals surface area (Å²) in [5.41, 5.74) is 0. The average molecular weight is 336 g/mol. The summed E-state index contributed by atoms with van der Waals surface area (Å²) >= 11 is 0. The molecule has 4 heteroatoms. The molecule has 0 atom stereocenters. The molecule has 136 valence electrons. The van der Waals surface area contributed by atoms with E-state index < -0.39 is 0 Å². The van der Waals surface area contributed by atoms with Crippen LogP contribution in [0.5, 0.6) is 5.75 Å². The highest BCUT2D eigenvalue weighted by Gasteiger charge is 1.95. The monoisotopic (exact) mass is 336 g/mol. The summed E-state index contributed by atoms with van der Waals surface area (Å²) in [5, 5.41) is 8.63. The highest BCUT2D eigenvalue weighted by molar-refractivity contribution is 5.81. The minimum absolute atomic E-state index is 0.309. The smallest absolute Gasteiger partial charge is 0.330 e. The van der Waals surface area contributed by atoms with Crippen molar-refractivity contribution in [1.29, 1.82) is 0 Å². The third-order valence-electron chi connectivity index (χ3n) is 3.12. The maximum atomic E-state index is 10.6. The maximum absolute atomic E-state index is 10.6. The third kappa shape index (κ3) is 20.2. The molecule has 0 bridgehead atoms. The quantitative estimate of drug-likeness (QED) is 0.302. The predicted molar refractivity (Wildman–Crippen MR) is 98.1 cm³/mol. The van der Waals surface area contributed by atoms with Gasteiger partial charge in [-0.1, -0.05) is 70.2 Å². The van der Waals surface area contributed by atoms with Crippen LogP contribution >= 0.6 is 0 Å². The van der Waals surface area contributed by atoms with E-state index in [1.54, 1.807) is 24.3 Å². The molecular formula is C20H32O4. The zero-order valence-electron chi connectivity index (χ0n) is 14.9. The molecule has 0 amide bonds. The largest absolute Gasteiger partial charge is 0.508 e. The lowest BCUT2D eigenvalue weighted by molar-refractivity contribution is -0.137. The summed E-state index contributed by atoms with van der Waals surface area (Å²) in [6.45, 7) is 8.09. The van der Waals surface area contributed by atoms with Gasteiger partial charge >= 0.3 is 5.97 Å². The van der Waals surface area contributed by atoms with Gasteiger partial charge in [-0.3, -0.25) is 0 Å². The number of benzene rings is 1. The maximum Gasteiger partial charge on any atom is 0.330 e. The molecule has 1 aromatic carbocycles. The van der Waals surface area contributed by atoms with Crippen molar-refractivity contribution in [3.8, 4) is 5.75 Å². The van der Waals surface area contributed by atoms with Gasteiger partial charge < -0.3 is 14.6 Å². The summed E-state index contributed by atoms with van der Waals surface area (Å²) in [6.07, 6.45) is 9.88. The Morgan fingerprint density at radius 3 is 2.08 bits per heavy atom. The first-order valence-electron chi connectivity index (χ1n) is 8.81. The second-order valence-electron chi connectivity index (χ2n) is 5.44. The molecule has 0 unspecified atom stereocenters. The summed E-state index contributed by atoms with van der Waals surface area (Å²) in [6, 6.07) is 8.71. The zero-order valence-corrected chi connectivity index (χ0v) is 14.9. The van der Waals surface area contributed by atoms with E-state index in [1.165, 1.54) is 38.2 Å². The summed E-state index contributed by atoms with van der Waals surface area (Å²) in [4.78, 5) is 10.6. The van der Waals surface area contributed by atoms with Gasteiger partial charge in [-0.25, -0.2) is 4.79 Å². The van der Waals surface area contributed by atoms with Gasteiger partial charge in [0.1, 0.15) is 5.75 Å². The molecule has 1 aromatic rings. The number of ether oxygens (including phenoxy) is 2. The minimum atomic E-state index is -0.309. The molecule has 0 radical (unpaired) electrons. The lowest BCUT2D eigenvalue weighted by atomic mass is 10.1. The van der Waals surface area contributed by atoms with Crippen LogP contribution in [0.2, 0.25) is 0 Å². The van der Waals surface area contributed by atoms with Gasteiger partial charge in [-0.05, 0) is 18.6 Å². The van der Waals surface area contributed by atoms with E-state index in [-0.39, 0.29) is 5.97 Å². The van der Waals surface area contributed by atoms with Crippen LogP contribution in [0.1, 0.15) is 51.9 Å². The predicted octanol–water partition coefficient (Wildman–Crippen LogP) is 4.88. The second kappa shape index (κ2) is 17.5. The Kier molecular flexibility index (Phi) is 16.2. The Morgan fingerprint density at radius 2 is 1.67 bits per heavy atom. The molecule has 1 fully saturated rings. The van der Waals surface area contributed by atoms with E-state index in [9.17, 15) is 4.79 Å². The van der Waals surface area contributed by atoms with Crippen LogP contribution in [-0.4, -0.2) is 30.9 Å². The third-order valence-corrected chi connectivity index (χ3v) is 3.12. The number of para-hydroxylation sites is 1. The molecule has 1 saturated heterocycles. The second-order valence-corrected chi connectivity index (χ2v) is 5.44. The van der Waals surface area contributed by atoms with Crippen LogP contribution in [0.3, 0.4) is 0 Å². The van der Waals surface area contributed by atoms with E-state index in [1.807, 2.05) is 6.07 Å². The van der Waals surface area contributed by atoms with Gasteiger partial charge in [0.15, 0.2) is 0 Å². The van der Waals surface area contributed by atoms with E-state index in [0.717, 1.165) is 26.1 Å². The van der Waals surface area contributed by atoms with Crippen molar-refractivity contribution >= 4 is 5.97 Å². The van der Waals surface area contributed by atoms with Crippen LogP contribution < -0.4 is 0 Å². The highest BCUT2D eigenvalue weighted by Crippen LogP contribution is 2.06. The highest BCUT2D eigenvalue weighted by atomic mass is 16.6. The molecular weight excluding hydrogens is 304 g/mol. The Morgan fingerprint density at radius 1 is 1.12 bits per heavy atom. The molecule has 0 spiro atoms. The number of carbonyl (C=O) groups excluding carboxylic acids is 1. The number of carbonyl (C=O) groups is 1. The molecule has 24 heavy (non-hydrogen) atoms. The molecule has 4 nitrogen and oxygen atoms in total. The van der Waals surface area contributed by atoms with Gasteiger partial charge in [0.2, 0.25) is 0 Å². The molecule has 1 aliphatic rings. The molecule has 0 aliphatic carbocycles. The van der Waals surface area contributed by atoms with Crippen LogP contribution in [0.4, 0.5) is 0 Å². The van der Waals surface area contributed by atoms with Crippen molar-refractivity contribution in [2.24, 2.45) is 0 Å². The number of phenols is 1. The summed E-state index contributed by atoms with van der Waals surface area (Å²) < 4.78 is 9.36. The SMILES string of the molecule is C1CO1.C=CC(=O)OCCCCCCCCC.Oc1ccccc1. The van der Waals surface area contributed by atoms with Gasteiger partial charge in [-0.15, -0.1) is 0 Å². The van der Waals surface area contributed by atoms with Crippen molar-refractivity contribution in [1.82, 2.24) is 0 Å². The number of epoxide rings is 1. The lowest BCUT2D eigenvalue weighted by Crippen LogP contribution is -2.01. The number of phenolic OH excluding ortho intramolecular Hbond substituents is 1. The Hall–Kier alpha value is -1.81. The molecule has 1 N–H and O–H groups in total. The fraction of sp³-hybridized carbons (Fsp3) is 0.550. The minimum Gasteiger partial charge on any atom is -0.508 e. The van der Waals surface area contributed by atoms with Gasteiger partial charge in [0.05, 0.1) is 19.8 Å². The van der Waals surface area contributed by atoms with E-state index >= 15 is 0 Å². The van der Waals surface area contributed by atoms with Gasteiger partial charge in [-0.2, -0.15) is 0 Å². The van der Waals surface area contributed by atoms with Crippen molar-refractivity contribution < 1.29 is 19.4 Å². The van der Waals surface area contributed by atoms with Gasteiger partial charge in [0.25, 0.3) is 0 Å². The van der Waals surface area contributed by atoms with E-state index in [2.05, 4.69) is 18.2 Å². The van der Waals surface area contributed by atoms with Crippen molar-refractivity contribution in [3.63, 3.8) is 0 Å². The van der Waals surface area contributed by atoms with Crippen molar-refractivity contribution in [2.75, 3.05) is 19.8 Å². The first-order valence-corrected chi connectivity index (χ1v) is 8.81. The van der Waals surface area contributed by atoms with Crippen LogP contribution in [-0.2, 0) is 14.3 Å². The number of hydrogen-bond donors (Lipinski definition) is 1. The molecule has 1 heterocycles. The van der Waals surface area contributed by atoms with Crippen molar-refractivity contribution in [3.05, 3.63) is 43.0 Å². The van der Waals surface area contributed by atoms with E-state index in [0.29, 0.717) is 12.4 Å². The fourth-order valence-electron chi connectivity index (χ4n) is 1.72. The summed E-state index contributed by atoms with van der Waals surface area (Å²) in [7, 11) is 0. The van der Waals surface area contributed by atoms with Crippen LogP contribution in [0.25, 0.3) is 0 Å². The normalized spacial score (nSPS) is 11.2. The Balaban J connectivity index is 0.000000427. The first kappa shape index (κ1) is 22.2. The number of aromatic hydroxyl groups is 1. The standard InChI is InChI=1S/C12H22O2.C6H6O.C2H4O/c1-3-5-6-7-8-9-10-11-14-12(13)4-2;7-6-4-2-1-3-5-6;1-2-3-1/h4H,2-3,5-11H2,1H3;1-5,7H;1-2H2. The molecule has 0 saturated carbocycles. The number of hydrogen-bond acceptors (Lipinski definition) is 4. The lowest BCUT2D eigenvalue weighted by Gasteiger charge is -2.01. The van der Waals surface area contributed by atoms with E-state index in [4.69, 9.17) is 9.84 Å². The number of unbranched alkanes of at least 4 members (excludes halogenated alkanes) is 6. The van der Waals surface area contributed by atoms with Gasteiger partial charge in [0, 0.05) is 6.08 Å². The number of rotatable bonds is 9. The van der Waals surface area contributed by atoms with Crippen LogP contribution in [0, 0.1) is 0 Å². The number of esters is 1. The Labute approximate surface area is 146 Å². The zero-order chi connectivity index (χ0) is 17.9. The average Bonchev–Trinajstić information content (AvgIpc) is 3.47. The molecule has 1 aliphatic heterocycles. The fourth-order valence-corrected chi connectivity index (χ4v) is 1.72. The summed E-state index contributed by atoms with van der Waals surface area (Å²) in [5.74, 6) is 0.0125. The van der Waals surface area contributed by atoms with Crippen LogP contribution in [0.15, 0.2) is 43.0 Å². The molecule has 2 rings (SSSR count). The Bertz CT molecular complexity index is 399.